The van der Waals surface area contributed by atoms with E-state index in [0.717, 1.165) is 17.8 Å². The van der Waals surface area contributed by atoms with Crippen LogP contribution in [-0.4, -0.2) is 22.0 Å². The molecule has 0 aliphatic rings. The van der Waals surface area contributed by atoms with E-state index < -0.39 is 0 Å². The maximum Gasteiger partial charge on any atom is 0.225 e. The highest BCUT2D eigenvalue weighted by Crippen LogP contribution is 2.17. The first-order valence-electron chi connectivity index (χ1n) is 7.35. The van der Waals surface area contributed by atoms with E-state index in [4.69, 9.17) is 0 Å². The molecule has 0 saturated heterocycles. The van der Waals surface area contributed by atoms with Crippen LogP contribution in [-0.2, 0) is 9.59 Å². The van der Waals surface area contributed by atoms with Crippen LogP contribution in [0.15, 0.2) is 36.4 Å². The Bertz CT molecular complexity index is 668. The fraction of sp³-hybridized carbons (Fsp3) is 0.250. The standard InChI is InChI=1S/C16H19N5O2/c1-3-4-16(23)19-15-10-9-14(20-21-15)18-13-7-5-12(6-8-13)17-11(2)22/h5-10H,3-4H2,1-2H3,(H,17,22)(H,18,20)(H,19,21,23). The molecule has 0 radical (unpaired) electrons. The Morgan fingerprint density at radius 3 is 2.09 bits per heavy atom. The number of carbonyl (C=O) groups excluding carboxylic acids is 2. The number of aromatic nitrogens is 2. The van der Waals surface area contributed by atoms with Gasteiger partial charge in [-0.05, 0) is 42.8 Å². The molecular formula is C16H19N5O2. The van der Waals surface area contributed by atoms with Crippen LogP contribution < -0.4 is 16.0 Å². The van der Waals surface area contributed by atoms with E-state index in [2.05, 4.69) is 26.1 Å². The molecule has 0 fully saturated rings. The van der Waals surface area contributed by atoms with Crippen molar-refractivity contribution in [2.45, 2.75) is 26.7 Å². The quantitative estimate of drug-likeness (QED) is 0.762. The molecule has 7 heteroatoms. The maximum absolute atomic E-state index is 11.5. The van der Waals surface area contributed by atoms with Gasteiger partial charge in [0.15, 0.2) is 11.6 Å². The van der Waals surface area contributed by atoms with Crippen molar-refractivity contribution in [3.05, 3.63) is 36.4 Å². The van der Waals surface area contributed by atoms with Crippen LogP contribution in [0.2, 0.25) is 0 Å². The highest BCUT2D eigenvalue weighted by Gasteiger charge is 2.03. The van der Waals surface area contributed by atoms with Crippen LogP contribution in [0.4, 0.5) is 23.0 Å². The Morgan fingerprint density at radius 1 is 0.913 bits per heavy atom. The number of nitrogens with zero attached hydrogens (tertiary/aromatic N) is 2. The van der Waals surface area contributed by atoms with Crippen molar-refractivity contribution in [3.63, 3.8) is 0 Å². The number of carbonyl (C=O) groups is 2. The van der Waals surface area contributed by atoms with Crippen LogP contribution in [0, 0.1) is 0 Å². The highest BCUT2D eigenvalue weighted by molar-refractivity contribution is 5.90. The topological polar surface area (TPSA) is 96.0 Å². The van der Waals surface area contributed by atoms with E-state index in [1.54, 1.807) is 24.3 Å². The van der Waals surface area contributed by atoms with Gasteiger partial charge in [0.05, 0.1) is 0 Å². The van der Waals surface area contributed by atoms with Crippen LogP contribution in [0.5, 0.6) is 0 Å². The molecule has 0 spiro atoms. The first-order valence-corrected chi connectivity index (χ1v) is 7.35. The molecule has 1 aromatic heterocycles. The fourth-order valence-corrected chi connectivity index (χ4v) is 1.89. The van der Waals surface area contributed by atoms with Crippen molar-refractivity contribution in [1.29, 1.82) is 0 Å². The molecule has 2 rings (SSSR count). The summed E-state index contributed by atoms with van der Waals surface area (Å²) in [5.41, 5.74) is 1.54. The summed E-state index contributed by atoms with van der Waals surface area (Å²) < 4.78 is 0. The maximum atomic E-state index is 11.5. The second-order valence-electron chi connectivity index (χ2n) is 4.99. The Kier molecular flexibility index (Phi) is 5.62. The van der Waals surface area contributed by atoms with Gasteiger partial charge in [0.2, 0.25) is 11.8 Å². The van der Waals surface area contributed by atoms with Crippen molar-refractivity contribution in [1.82, 2.24) is 10.2 Å². The Balaban J connectivity index is 1.95. The Hall–Kier alpha value is -2.96. The molecule has 0 saturated carbocycles. The Labute approximate surface area is 134 Å². The van der Waals surface area contributed by atoms with Gasteiger partial charge in [-0.15, -0.1) is 10.2 Å². The van der Waals surface area contributed by atoms with Crippen molar-refractivity contribution in [2.24, 2.45) is 0 Å². The lowest BCUT2D eigenvalue weighted by Crippen LogP contribution is -2.12. The zero-order valence-corrected chi connectivity index (χ0v) is 13.1. The van der Waals surface area contributed by atoms with Crippen molar-refractivity contribution in [2.75, 3.05) is 16.0 Å². The summed E-state index contributed by atoms with van der Waals surface area (Å²) in [6.45, 7) is 3.40. The molecule has 23 heavy (non-hydrogen) atoms. The molecule has 7 nitrogen and oxygen atoms in total. The molecule has 2 aromatic rings. The van der Waals surface area contributed by atoms with Gasteiger partial charge in [0, 0.05) is 24.7 Å². The Morgan fingerprint density at radius 2 is 1.52 bits per heavy atom. The zero-order chi connectivity index (χ0) is 16.7. The normalized spacial score (nSPS) is 10.0. The van der Waals surface area contributed by atoms with E-state index >= 15 is 0 Å². The molecule has 0 unspecified atom stereocenters. The predicted molar refractivity (Wildman–Crippen MR) is 89.6 cm³/mol. The molecule has 120 valence electrons. The molecule has 0 atom stereocenters. The van der Waals surface area contributed by atoms with Gasteiger partial charge in [0.25, 0.3) is 0 Å². The predicted octanol–water partition coefficient (Wildman–Crippen LogP) is 2.92. The molecule has 2 amide bonds. The van der Waals surface area contributed by atoms with Crippen LogP contribution in [0.3, 0.4) is 0 Å². The molecule has 0 aliphatic heterocycles. The minimum Gasteiger partial charge on any atom is -0.339 e. The lowest BCUT2D eigenvalue weighted by atomic mass is 10.2. The van der Waals surface area contributed by atoms with Crippen LogP contribution in [0.25, 0.3) is 0 Å². The number of benzene rings is 1. The number of amides is 2. The van der Waals surface area contributed by atoms with Gasteiger partial charge in [0.1, 0.15) is 0 Å². The third-order valence-electron chi connectivity index (χ3n) is 2.89. The molecule has 0 bridgehead atoms. The molecule has 1 aromatic carbocycles. The van der Waals surface area contributed by atoms with Crippen molar-refractivity contribution in [3.8, 4) is 0 Å². The van der Waals surface area contributed by atoms with Gasteiger partial charge >= 0.3 is 0 Å². The molecule has 1 heterocycles. The average Bonchev–Trinajstić information content (AvgIpc) is 2.51. The van der Waals surface area contributed by atoms with E-state index in [-0.39, 0.29) is 11.8 Å². The monoisotopic (exact) mass is 313 g/mol. The van der Waals surface area contributed by atoms with Crippen LogP contribution >= 0.6 is 0 Å². The molecule has 0 aliphatic carbocycles. The number of hydrogen-bond donors (Lipinski definition) is 3. The zero-order valence-electron chi connectivity index (χ0n) is 13.1. The third kappa shape index (κ3) is 5.39. The first kappa shape index (κ1) is 16.4. The fourth-order valence-electron chi connectivity index (χ4n) is 1.89. The smallest absolute Gasteiger partial charge is 0.225 e. The van der Waals surface area contributed by atoms with Crippen LogP contribution in [0.1, 0.15) is 26.7 Å². The SMILES string of the molecule is CCCC(=O)Nc1ccc(Nc2ccc(NC(C)=O)cc2)nn1. The summed E-state index contributed by atoms with van der Waals surface area (Å²) in [5.74, 6) is 0.800. The summed E-state index contributed by atoms with van der Waals surface area (Å²) in [5, 5.41) is 16.4. The summed E-state index contributed by atoms with van der Waals surface area (Å²) in [6, 6.07) is 10.6. The minimum absolute atomic E-state index is 0.0731. The lowest BCUT2D eigenvalue weighted by Gasteiger charge is -2.07. The number of anilines is 4. The summed E-state index contributed by atoms with van der Waals surface area (Å²) in [7, 11) is 0. The van der Waals surface area contributed by atoms with Crippen molar-refractivity contribution < 1.29 is 9.59 Å². The molecular weight excluding hydrogens is 294 g/mol. The van der Waals surface area contributed by atoms with E-state index in [1.807, 2.05) is 19.1 Å². The third-order valence-corrected chi connectivity index (χ3v) is 2.89. The van der Waals surface area contributed by atoms with E-state index in [1.165, 1.54) is 6.92 Å². The minimum atomic E-state index is -0.114. The first-order chi connectivity index (χ1) is 11.1. The van der Waals surface area contributed by atoms with Gasteiger partial charge in [-0.1, -0.05) is 6.92 Å². The summed E-state index contributed by atoms with van der Waals surface area (Å²) >= 11 is 0. The van der Waals surface area contributed by atoms with Crippen molar-refractivity contribution >= 4 is 34.8 Å². The number of rotatable bonds is 6. The summed E-state index contributed by atoms with van der Waals surface area (Å²) in [4.78, 5) is 22.4. The summed E-state index contributed by atoms with van der Waals surface area (Å²) in [6.07, 6.45) is 1.25. The second-order valence-corrected chi connectivity index (χ2v) is 4.99. The largest absolute Gasteiger partial charge is 0.339 e. The van der Waals surface area contributed by atoms with Gasteiger partial charge in [-0.3, -0.25) is 9.59 Å². The van der Waals surface area contributed by atoms with Gasteiger partial charge < -0.3 is 16.0 Å². The molecule has 3 N–H and O–H groups in total. The average molecular weight is 313 g/mol. The van der Waals surface area contributed by atoms with Gasteiger partial charge in [-0.25, -0.2) is 0 Å². The second kappa shape index (κ2) is 7.88. The number of nitrogens with one attached hydrogen (secondary N) is 3. The number of hydrogen-bond acceptors (Lipinski definition) is 5. The lowest BCUT2D eigenvalue weighted by molar-refractivity contribution is -0.116. The highest BCUT2D eigenvalue weighted by atomic mass is 16.2. The van der Waals surface area contributed by atoms with E-state index in [9.17, 15) is 9.59 Å². The van der Waals surface area contributed by atoms with Gasteiger partial charge in [-0.2, -0.15) is 0 Å². The van der Waals surface area contributed by atoms with E-state index in [0.29, 0.717) is 18.1 Å².